The Kier molecular flexibility index (Phi) is 8.11. The van der Waals surface area contributed by atoms with Crippen molar-refractivity contribution in [2.75, 3.05) is 38.3 Å². The first-order chi connectivity index (χ1) is 18.4. The number of rotatable bonds is 6. The van der Waals surface area contributed by atoms with Gasteiger partial charge in [-0.2, -0.15) is 0 Å². The quantitative estimate of drug-likeness (QED) is 0.427. The van der Waals surface area contributed by atoms with Gasteiger partial charge in [0, 0.05) is 37.3 Å². The lowest BCUT2D eigenvalue weighted by molar-refractivity contribution is -0.0681. The van der Waals surface area contributed by atoms with Crippen molar-refractivity contribution >= 4 is 40.0 Å². The Morgan fingerprint density at radius 3 is 2.61 bits per heavy atom. The summed E-state index contributed by atoms with van der Waals surface area (Å²) in [5, 5.41) is 3.92. The normalized spacial score (nSPS) is 20.5. The summed E-state index contributed by atoms with van der Waals surface area (Å²) in [6, 6.07) is 9.95. The Morgan fingerprint density at radius 2 is 1.87 bits per heavy atom. The number of carbonyl (C=O) groups is 1. The van der Waals surface area contributed by atoms with Crippen molar-refractivity contribution in [1.29, 1.82) is 0 Å². The molecular formula is C27H31ClFN5O4. The third kappa shape index (κ3) is 6.25. The van der Waals surface area contributed by atoms with Gasteiger partial charge in [-0.15, -0.1) is 0 Å². The molecule has 2 aliphatic heterocycles. The first kappa shape index (κ1) is 26.4. The molecule has 38 heavy (non-hydrogen) atoms. The van der Waals surface area contributed by atoms with Gasteiger partial charge in [0.05, 0.1) is 28.9 Å². The molecule has 3 heterocycles. The van der Waals surface area contributed by atoms with Crippen LogP contribution in [0.25, 0.3) is 10.9 Å². The monoisotopic (exact) mass is 543 g/mol. The molecule has 0 unspecified atom stereocenters. The van der Waals surface area contributed by atoms with Crippen LogP contribution >= 0.6 is 11.6 Å². The number of ether oxygens (including phenoxy) is 3. The number of benzene rings is 2. The van der Waals surface area contributed by atoms with Gasteiger partial charge in [-0.25, -0.2) is 19.2 Å². The molecule has 2 amide bonds. The standard InChI is InChI=1S/C27H31ClFN5O4/c1-17-13-34(14-18(2)38-17)27(35)33-9-7-20(8-10-33)36-16-37-21-4-6-25-22(12-21)26(31-15-30-25)32-19-3-5-24(29)23(28)11-19/h3-6,11-12,15,17-18,20H,7-10,13-14,16H2,1-2H3,(H,30,31,32)/t17-,18+. The van der Waals surface area contributed by atoms with E-state index in [0.717, 1.165) is 23.7 Å². The highest BCUT2D eigenvalue weighted by Crippen LogP contribution is 2.28. The van der Waals surface area contributed by atoms with Crippen LogP contribution in [0.2, 0.25) is 5.02 Å². The van der Waals surface area contributed by atoms with Gasteiger partial charge in [-0.1, -0.05) is 11.6 Å². The molecule has 0 bridgehead atoms. The molecule has 11 heteroatoms. The predicted molar refractivity (Wildman–Crippen MR) is 142 cm³/mol. The molecule has 3 aromatic rings. The van der Waals surface area contributed by atoms with E-state index < -0.39 is 5.82 Å². The smallest absolute Gasteiger partial charge is 0.320 e. The van der Waals surface area contributed by atoms with Crippen LogP contribution in [0, 0.1) is 5.82 Å². The van der Waals surface area contributed by atoms with E-state index in [1.165, 1.54) is 18.5 Å². The fourth-order valence-corrected chi connectivity index (χ4v) is 5.06. The summed E-state index contributed by atoms with van der Waals surface area (Å²) in [5.41, 5.74) is 1.33. The summed E-state index contributed by atoms with van der Waals surface area (Å²) < 4.78 is 31.1. The third-order valence-electron chi connectivity index (χ3n) is 6.72. The van der Waals surface area contributed by atoms with Crippen LogP contribution in [0.4, 0.5) is 20.7 Å². The number of anilines is 2. The van der Waals surface area contributed by atoms with Gasteiger partial charge in [0.15, 0.2) is 6.79 Å². The number of amides is 2. The summed E-state index contributed by atoms with van der Waals surface area (Å²) in [6.07, 6.45) is 3.09. The minimum absolute atomic E-state index is 0.0193. The molecule has 2 fully saturated rings. The average molecular weight is 544 g/mol. The van der Waals surface area contributed by atoms with Crippen LogP contribution in [0.15, 0.2) is 42.7 Å². The van der Waals surface area contributed by atoms with Crippen LogP contribution in [0.5, 0.6) is 5.75 Å². The minimum atomic E-state index is -0.487. The number of nitrogens with one attached hydrogen (secondary N) is 1. The summed E-state index contributed by atoms with van der Waals surface area (Å²) >= 11 is 5.91. The highest BCUT2D eigenvalue weighted by atomic mass is 35.5. The zero-order chi connectivity index (χ0) is 26.6. The lowest BCUT2D eigenvalue weighted by atomic mass is 10.1. The molecule has 0 radical (unpaired) electrons. The maximum atomic E-state index is 13.5. The number of halogens is 2. The van der Waals surface area contributed by atoms with E-state index in [9.17, 15) is 9.18 Å². The van der Waals surface area contributed by atoms with E-state index in [2.05, 4.69) is 15.3 Å². The molecule has 1 N–H and O–H groups in total. The summed E-state index contributed by atoms with van der Waals surface area (Å²) in [6.45, 7) is 6.64. The Morgan fingerprint density at radius 1 is 1.11 bits per heavy atom. The molecule has 2 saturated heterocycles. The van der Waals surface area contributed by atoms with Crippen molar-refractivity contribution in [2.24, 2.45) is 0 Å². The molecule has 2 aliphatic rings. The van der Waals surface area contributed by atoms with E-state index >= 15 is 0 Å². The van der Waals surface area contributed by atoms with Crippen LogP contribution in [0.3, 0.4) is 0 Å². The Balaban J connectivity index is 1.13. The number of morpholine rings is 1. The van der Waals surface area contributed by atoms with Gasteiger partial charge in [0.1, 0.15) is 23.7 Å². The van der Waals surface area contributed by atoms with Gasteiger partial charge in [0.2, 0.25) is 0 Å². The van der Waals surface area contributed by atoms with Gasteiger partial charge < -0.3 is 29.3 Å². The van der Waals surface area contributed by atoms with Crippen LogP contribution in [0.1, 0.15) is 26.7 Å². The Hall–Kier alpha value is -3.21. The average Bonchev–Trinajstić information content (AvgIpc) is 2.90. The van der Waals surface area contributed by atoms with E-state index in [4.69, 9.17) is 25.8 Å². The van der Waals surface area contributed by atoms with Crippen molar-refractivity contribution in [3.8, 4) is 5.75 Å². The van der Waals surface area contributed by atoms with Crippen molar-refractivity contribution in [3.05, 3.63) is 53.6 Å². The third-order valence-corrected chi connectivity index (χ3v) is 7.01. The van der Waals surface area contributed by atoms with E-state index in [-0.39, 0.29) is 36.2 Å². The molecule has 202 valence electrons. The van der Waals surface area contributed by atoms with Crippen molar-refractivity contribution in [1.82, 2.24) is 19.8 Å². The maximum absolute atomic E-state index is 13.5. The number of hydrogen-bond acceptors (Lipinski definition) is 7. The molecule has 0 aliphatic carbocycles. The number of likely N-dealkylation sites (tertiary alicyclic amines) is 1. The topological polar surface area (TPSA) is 89.1 Å². The van der Waals surface area contributed by atoms with Crippen molar-refractivity contribution in [3.63, 3.8) is 0 Å². The largest absolute Gasteiger partial charge is 0.468 e. The van der Waals surface area contributed by atoms with E-state index in [0.29, 0.717) is 43.4 Å². The van der Waals surface area contributed by atoms with E-state index in [1.54, 1.807) is 6.07 Å². The second kappa shape index (κ2) is 11.7. The molecule has 5 rings (SSSR count). The predicted octanol–water partition coefficient (Wildman–Crippen LogP) is 5.21. The Labute approximate surface area is 225 Å². The lowest BCUT2D eigenvalue weighted by Gasteiger charge is -2.40. The number of hydrogen-bond donors (Lipinski definition) is 1. The number of piperidine rings is 1. The van der Waals surface area contributed by atoms with E-state index in [1.807, 2.05) is 41.8 Å². The van der Waals surface area contributed by atoms with Crippen LogP contribution < -0.4 is 10.1 Å². The summed E-state index contributed by atoms with van der Waals surface area (Å²) in [4.78, 5) is 25.3. The lowest BCUT2D eigenvalue weighted by Crippen LogP contribution is -2.54. The van der Waals surface area contributed by atoms with Gasteiger partial charge in [-0.05, 0) is 63.1 Å². The van der Waals surface area contributed by atoms with Crippen LogP contribution in [-0.4, -0.2) is 77.1 Å². The number of fused-ring (bicyclic) bond motifs is 1. The van der Waals surface area contributed by atoms with Gasteiger partial charge in [0.25, 0.3) is 0 Å². The van der Waals surface area contributed by atoms with Crippen molar-refractivity contribution < 1.29 is 23.4 Å². The molecular weight excluding hydrogens is 513 g/mol. The molecule has 2 atom stereocenters. The zero-order valence-electron chi connectivity index (χ0n) is 21.4. The minimum Gasteiger partial charge on any atom is -0.468 e. The second-order valence-corrected chi connectivity index (χ2v) is 10.1. The van der Waals surface area contributed by atoms with Gasteiger partial charge >= 0.3 is 6.03 Å². The second-order valence-electron chi connectivity index (χ2n) is 9.72. The van der Waals surface area contributed by atoms with Crippen molar-refractivity contribution in [2.45, 2.75) is 45.0 Å². The SMILES string of the molecule is C[C@@H]1CN(C(=O)N2CCC(OCOc3ccc4ncnc(Nc5ccc(F)c(Cl)c5)c4c3)CC2)C[C@H](C)O1. The first-order valence-electron chi connectivity index (χ1n) is 12.8. The number of carbonyl (C=O) groups excluding carboxylic acids is 1. The van der Waals surface area contributed by atoms with Gasteiger partial charge in [-0.3, -0.25) is 0 Å². The number of nitrogens with zero attached hydrogens (tertiary/aromatic N) is 4. The molecule has 2 aromatic carbocycles. The Bertz CT molecular complexity index is 1280. The summed E-state index contributed by atoms with van der Waals surface area (Å²) in [5.74, 6) is 0.667. The summed E-state index contributed by atoms with van der Waals surface area (Å²) in [7, 11) is 0. The van der Waals surface area contributed by atoms with Crippen LogP contribution in [-0.2, 0) is 9.47 Å². The molecule has 0 saturated carbocycles. The zero-order valence-corrected chi connectivity index (χ0v) is 22.2. The molecule has 1 aromatic heterocycles. The highest BCUT2D eigenvalue weighted by molar-refractivity contribution is 6.31. The molecule has 0 spiro atoms. The molecule has 9 nitrogen and oxygen atoms in total. The number of urea groups is 1. The fraction of sp³-hybridized carbons (Fsp3) is 0.444. The fourth-order valence-electron chi connectivity index (χ4n) is 4.88. The highest BCUT2D eigenvalue weighted by Gasteiger charge is 2.31. The maximum Gasteiger partial charge on any atom is 0.320 e. The first-order valence-corrected chi connectivity index (χ1v) is 13.1. The number of aromatic nitrogens is 2.